The van der Waals surface area contributed by atoms with E-state index >= 15 is 0 Å². The van der Waals surface area contributed by atoms with Gasteiger partial charge in [0.15, 0.2) is 0 Å². The van der Waals surface area contributed by atoms with Gasteiger partial charge in [0.05, 0.1) is 7.11 Å². The van der Waals surface area contributed by atoms with Crippen LogP contribution in [0.25, 0.3) is 0 Å². The Labute approximate surface area is 141 Å². The SMILES string of the molecule is COc1ccc(C2(c3ccc(O)c(C(=O)O)c3)CCCCC2)cc1. The molecule has 1 aliphatic rings. The van der Waals surface area contributed by atoms with E-state index < -0.39 is 5.97 Å². The fourth-order valence-electron chi connectivity index (χ4n) is 3.81. The number of carboxylic acids is 1. The van der Waals surface area contributed by atoms with E-state index in [1.165, 1.54) is 18.1 Å². The molecule has 4 heteroatoms. The van der Waals surface area contributed by atoms with Gasteiger partial charge in [0.2, 0.25) is 0 Å². The summed E-state index contributed by atoms with van der Waals surface area (Å²) >= 11 is 0. The molecule has 2 N–H and O–H groups in total. The minimum atomic E-state index is -1.10. The summed E-state index contributed by atoms with van der Waals surface area (Å²) in [4.78, 5) is 11.4. The number of methoxy groups -OCH3 is 1. The molecule has 0 aliphatic heterocycles. The maximum absolute atomic E-state index is 11.4. The molecule has 0 spiro atoms. The molecule has 3 rings (SSSR count). The van der Waals surface area contributed by atoms with Crippen molar-refractivity contribution < 1.29 is 19.7 Å². The van der Waals surface area contributed by atoms with Gasteiger partial charge in [-0.05, 0) is 48.2 Å². The van der Waals surface area contributed by atoms with E-state index in [2.05, 4.69) is 12.1 Å². The van der Waals surface area contributed by atoms with Crippen LogP contribution in [-0.2, 0) is 5.41 Å². The first-order chi connectivity index (χ1) is 11.6. The summed E-state index contributed by atoms with van der Waals surface area (Å²) in [5.41, 5.74) is 1.89. The van der Waals surface area contributed by atoms with Crippen LogP contribution in [0.1, 0.15) is 53.6 Å². The zero-order valence-corrected chi connectivity index (χ0v) is 13.8. The van der Waals surface area contributed by atoms with Crippen molar-refractivity contribution >= 4 is 5.97 Å². The minimum Gasteiger partial charge on any atom is -0.507 e. The number of ether oxygens (including phenoxy) is 1. The first-order valence-electron chi connectivity index (χ1n) is 8.28. The third-order valence-electron chi connectivity index (χ3n) is 5.13. The molecule has 0 atom stereocenters. The molecule has 0 unspecified atom stereocenters. The van der Waals surface area contributed by atoms with Gasteiger partial charge in [0.1, 0.15) is 17.1 Å². The number of rotatable bonds is 4. The highest BCUT2D eigenvalue weighted by atomic mass is 16.5. The number of benzene rings is 2. The summed E-state index contributed by atoms with van der Waals surface area (Å²) in [5.74, 6) is -0.483. The van der Waals surface area contributed by atoms with Crippen LogP contribution in [0.2, 0.25) is 0 Å². The average molecular weight is 326 g/mol. The number of aromatic hydroxyl groups is 1. The van der Waals surface area contributed by atoms with Crippen LogP contribution in [-0.4, -0.2) is 23.3 Å². The van der Waals surface area contributed by atoms with Crippen LogP contribution in [0, 0.1) is 0 Å². The molecule has 1 saturated carbocycles. The van der Waals surface area contributed by atoms with Gasteiger partial charge < -0.3 is 14.9 Å². The first kappa shape index (κ1) is 16.4. The monoisotopic (exact) mass is 326 g/mol. The predicted molar refractivity (Wildman–Crippen MR) is 91.9 cm³/mol. The highest BCUT2D eigenvalue weighted by molar-refractivity contribution is 5.91. The van der Waals surface area contributed by atoms with E-state index in [1.807, 2.05) is 18.2 Å². The van der Waals surface area contributed by atoms with Crippen LogP contribution >= 0.6 is 0 Å². The number of aromatic carboxylic acids is 1. The molecule has 24 heavy (non-hydrogen) atoms. The van der Waals surface area contributed by atoms with Gasteiger partial charge in [-0.15, -0.1) is 0 Å². The average Bonchev–Trinajstić information content (AvgIpc) is 2.62. The quantitative estimate of drug-likeness (QED) is 0.876. The summed E-state index contributed by atoms with van der Waals surface area (Å²) in [7, 11) is 1.64. The number of hydrogen-bond acceptors (Lipinski definition) is 3. The van der Waals surface area contributed by atoms with E-state index in [0.29, 0.717) is 0 Å². The Bertz CT molecular complexity index is 728. The summed E-state index contributed by atoms with van der Waals surface area (Å²) in [6.45, 7) is 0. The predicted octanol–water partition coefficient (Wildman–Crippen LogP) is 4.35. The molecule has 0 saturated heterocycles. The fourth-order valence-corrected chi connectivity index (χ4v) is 3.81. The lowest BCUT2D eigenvalue weighted by atomic mass is 9.65. The Hall–Kier alpha value is -2.49. The third kappa shape index (κ3) is 2.84. The fraction of sp³-hybridized carbons (Fsp3) is 0.350. The second-order valence-electron chi connectivity index (χ2n) is 6.41. The van der Waals surface area contributed by atoms with E-state index in [4.69, 9.17) is 4.74 Å². The smallest absolute Gasteiger partial charge is 0.339 e. The molecule has 0 amide bonds. The molecular weight excluding hydrogens is 304 g/mol. The van der Waals surface area contributed by atoms with Crippen molar-refractivity contribution in [1.82, 2.24) is 0 Å². The highest BCUT2D eigenvalue weighted by Gasteiger charge is 2.36. The van der Waals surface area contributed by atoms with Crippen molar-refractivity contribution in [2.75, 3.05) is 7.11 Å². The third-order valence-corrected chi connectivity index (χ3v) is 5.13. The second-order valence-corrected chi connectivity index (χ2v) is 6.41. The largest absolute Gasteiger partial charge is 0.507 e. The molecule has 0 bridgehead atoms. The molecule has 1 fully saturated rings. The van der Waals surface area contributed by atoms with Gasteiger partial charge in [-0.25, -0.2) is 4.79 Å². The number of carboxylic acid groups (broad SMARTS) is 1. The number of hydrogen-bond donors (Lipinski definition) is 2. The van der Waals surface area contributed by atoms with Gasteiger partial charge in [-0.1, -0.05) is 37.5 Å². The van der Waals surface area contributed by atoms with Crippen LogP contribution in [0.3, 0.4) is 0 Å². The van der Waals surface area contributed by atoms with Crippen molar-refractivity contribution in [3.05, 3.63) is 59.2 Å². The second kappa shape index (κ2) is 6.56. The molecular formula is C20H22O4. The van der Waals surface area contributed by atoms with Gasteiger partial charge in [0.25, 0.3) is 0 Å². The standard InChI is InChI=1S/C20H22O4/c1-24-16-8-5-14(6-9-16)20(11-3-2-4-12-20)15-7-10-18(21)17(13-15)19(22)23/h5-10,13,21H,2-4,11-12H2,1H3,(H,22,23). The van der Waals surface area contributed by atoms with Crippen LogP contribution in [0.4, 0.5) is 0 Å². The van der Waals surface area contributed by atoms with Gasteiger partial charge in [-0.2, -0.15) is 0 Å². The summed E-state index contributed by atoms with van der Waals surface area (Å²) in [6.07, 6.45) is 5.36. The summed E-state index contributed by atoms with van der Waals surface area (Å²) in [5, 5.41) is 19.2. The van der Waals surface area contributed by atoms with Crippen LogP contribution < -0.4 is 4.74 Å². The van der Waals surface area contributed by atoms with Gasteiger partial charge in [-0.3, -0.25) is 0 Å². The molecule has 1 aliphatic carbocycles. The zero-order chi connectivity index (χ0) is 17.2. The van der Waals surface area contributed by atoms with Crippen molar-refractivity contribution in [1.29, 1.82) is 0 Å². The number of phenols is 1. The van der Waals surface area contributed by atoms with Gasteiger partial charge in [0, 0.05) is 5.41 Å². The maximum atomic E-state index is 11.4. The molecule has 2 aromatic rings. The van der Waals surface area contributed by atoms with E-state index in [9.17, 15) is 15.0 Å². The Balaban J connectivity index is 2.12. The van der Waals surface area contributed by atoms with E-state index in [0.717, 1.165) is 37.0 Å². The van der Waals surface area contributed by atoms with Crippen molar-refractivity contribution in [3.63, 3.8) is 0 Å². The maximum Gasteiger partial charge on any atom is 0.339 e. The van der Waals surface area contributed by atoms with Crippen LogP contribution in [0.15, 0.2) is 42.5 Å². The Morgan fingerprint density at radius 3 is 2.21 bits per heavy atom. The van der Waals surface area contributed by atoms with Crippen molar-refractivity contribution in [2.24, 2.45) is 0 Å². The van der Waals surface area contributed by atoms with Crippen molar-refractivity contribution in [3.8, 4) is 11.5 Å². The molecule has 0 heterocycles. The molecule has 4 nitrogen and oxygen atoms in total. The lowest BCUT2D eigenvalue weighted by Gasteiger charge is -2.39. The van der Waals surface area contributed by atoms with Crippen molar-refractivity contribution in [2.45, 2.75) is 37.5 Å². The number of carbonyl (C=O) groups is 1. The molecule has 126 valence electrons. The molecule has 0 aromatic heterocycles. The Morgan fingerprint density at radius 2 is 1.62 bits per heavy atom. The summed E-state index contributed by atoms with van der Waals surface area (Å²) < 4.78 is 5.25. The highest BCUT2D eigenvalue weighted by Crippen LogP contribution is 2.46. The summed E-state index contributed by atoms with van der Waals surface area (Å²) in [6, 6.07) is 13.0. The molecule has 2 aromatic carbocycles. The van der Waals surface area contributed by atoms with Gasteiger partial charge >= 0.3 is 5.97 Å². The topological polar surface area (TPSA) is 66.8 Å². The lowest BCUT2D eigenvalue weighted by Crippen LogP contribution is -2.30. The van der Waals surface area contributed by atoms with E-state index in [-0.39, 0.29) is 16.7 Å². The van der Waals surface area contributed by atoms with Crippen LogP contribution in [0.5, 0.6) is 11.5 Å². The lowest BCUT2D eigenvalue weighted by molar-refractivity contribution is 0.0693. The zero-order valence-electron chi connectivity index (χ0n) is 13.8. The Kier molecular flexibility index (Phi) is 4.47. The first-order valence-corrected chi connectivity index (χ1v) is 8.28. The van der Waals surface area contributed by atoms with E-state index in [1.54, 1.807) is 13.2 Å². The minimum absolute atomic E-state index is 0.0361. The normalized spacial score (nSPS) is 16.5. The Morgan fingerprint density at radius 1 is 1.00 bits per heavy atom. The molecule has 0 radical (unpaired) electrons.